The summed E-state index contributed by atoms with van der Waals surface area (Å²) in [6, 6.07) is 4.05. The summed E-state index contributed by atoms with van der Waals surface area (Å²) in [7, 11) is 0. The van der Waals surface area contributed by atoms with Gasteiger partial charge in [0, 0.05) is 18.0 Å². The van der Waals surface area contributed by atoms with Crippen molar-refractivity contribution in [2.75, 3.05) is 6.61 Å². The van der Waals surface area contributed by atoms with Crippen molar-refractivity contribution in [2.45, 2.75) is 51.0 Å². The Bertz CT molecular complexity index is 958. The summed E-state index contributed by atoms with van der Waals surface area (Å²) in [4.78, 5) is 25.5. The van der Waals surface area contributed by atoms with Gasteiger partial charge in [0.2, 0.25) is 0 Å². The van der Waals surface area contributed by atoms with Crippen LogP contribution in [0.3, 0.4) is 0 Å². The molecular formula is C20H21ClFN3O3S. The van der Waals surface area contributed by atoms with Crippen molar-refractivity contribution in [3.8, 4) is 5.75 Å². The number of hydrogen-bond acceptors (Lipinski definition) is 6. The molecule has 1 aromatic heterocycles. The molecule has 0 radical (unpaired) electrons. The van der Waals surface area contributed by atoms with Crippen LogP contribution in [-0.2, 0) is 4.79 Å². The zero-order chi connectivity index (χ0) is 20.8. The molecule has 2 aromatic rings. The molecule has 1 aromatic carbocycles. The number of nitrogens with zero attached hydrogens (tertiary/aromatic N) is 2. The average Bonchev–Trinajstić information content (AvgIpc) is 3.10. The Labute approximate surface area is 177 Å². The molecule has 3 saturated carbocycles. The number of carbonyl (C=O) groups excluding carboxylic acids is 2. The molecule has 1 heterocycles. The van der Waals surface area contributed by atoms with E-state index in [0.29, 0.717) is 11.3 Å². The lowest BCUT2D eigenvalue weighted by atomic mass is 9.38. The molecule has 0 spiro atoms. The van der Waals surface area contributed by atoms with Crippen LogP contribution in [-0.4, -0.2) is 33.4 Å². The predicted molar refractivity (Wildman–Crippen MR) is 107 cm³/mol. The van der Waals surface area contributed by atoms with Gasteiger partial charge in [0.25, 0.3) is 5.91 Å². The van der Waals surface area contributed by atoms with Crippen LogP contribution < -0.4 is 10.1 Å². The molecule has 2 bridgehead atoms. The SMILES string of the molecule is CC(C)c1nnsc1C(=O)CC12CC(NC(=O)COc3ccc(Cl)c(F)c3)(C1)C2. The zero-order valence-corrected chi connectivity index (χ0v) is 17.7. The van der Waals surface area contributed by atoms with Crippen molar-refractivity contribution < 1.29 is 18.7 Å². The molecule has 0 atom stereocenters. The first kappa shape index (κ1) is 20.2. The van der Waals surface area contributed by atoms with E-state index in [0.717, 1.165) is 42.6 Å². The molecule has 1 N–H and O–H groups in total. The summed E-state index contributed by atoms with van der Waals surface area (Å²) in [6.45, 7) is 3.80. The second-order valence-electron chi connectivity index (χ2n) is 8.47. The first-order valence-electron chi connectivity index (χ1n) is 9.45. The number of ether oxygens (including phenoxy) is 1. The smallest absolute Gasteiger partial charge is 0.258 e. The second kappa shape index (κ2) is 7.32. The van der Waals surface area contributed by atoms with E-state index in [4.69, 9.17) is 16.3 Å². The van der Waals surface area contributed by atoms with Gasteiger partial charge in [-0.05, 0) is 54.3 Å². The minimum atomic E-state index is -0.590. The van der Waals surface area contributed by atoms with E-state index < -0.39 is 5.82 Å². The first-order chi connectivity index (χ1) is 13.7. The molecule has 6 nitrogen and oxygen atoms in total. The van der Waals surface area contributed by atoms with E-state index in [9.17, 15) is 14.0 Å². The number of benzene rings is 1. The quantitative estimate of drug-likeness (QED) is 0.627. The van der Waals surface area contributed by atoms with Crippen LogP contribution in [0.1, 0.15) is 60.8 Å². The molecule has 154 valence electrons. The lowest BCUT2D eigenvalue weighted by Crippen LogP contribution is -2.75. The van der Waals surface area contributed by atoms with Crippen LogP contribution in [0, 0.1) is 11.2 Å². The van der Waals surface area contributed by atoms with Gasteiger partial charge in [0.15, 0.2) is 12.4 Å². The fourth-order valence-corrected chi connectivity index (χ4v) is 5.43. The highest BCUT2D eigenvalue weighted by atomic mass is 35.5. The van der Waals surface area contributed by atoms with Crippen LogP contribution in [0.25, 0.3) is 0 Å². The van der Waals surface area contributed by atoms with Gasteiger partial charge in [-0.1, -0.05) is 29.9 Å². The summed E-state index contributed by atoms with van der Waals surface area (Å²) >= 11 is 6.79. The molecule has 3 fully saturated rings. The minimum Gasteiger partial charge on any atom is -0.484 e. The normalized spacial score (nSPS) is 24.6. The topological polar surface area (TPSA) is 81.2 Å². The van der Waals surface area contributed by atoms with Gasteiger partial charge in [-0.25, -0.2) is 4.39 Å². The van der Waals surface area contributed by atoms with Crippen molar-refractivity contribution in [1.82, 2.24) is 14.9 Å². The summed E-state index contributed by atoms with van der Waals surface area (Å²) < 4.78 is 22.7. The van der Waals surface area contributed by atoms with Crippen molar-refractivity contribution in [3.63, 3.8) is 0 Å². The largest absolute Gasteiger partial charge is 0.484 e. The van der Waals surface area contributed by atoms with Crippen molar-refractivity contribution in [1.29, 1.82) is 0 Å². The highest BCUT2D eigenvalue weighted by molar-refractivity contribution is 7.08. The Morgan fingerprint density at radius 2 is 2.07 bits per heavy atom. The number of hydrogen-bond donors (Lipinski definition) is 1. The molecule has 9 heteroatoms. The monoisotopic (exact) mass is 437 g/mol. The van der Waals surface area contributed by atoms with E-state index in [2.05, 4.69) is 14.9 Å². The Balaban J connectivity index is 1.25. The average molecular weight is 438 g/mol. The highest BCUT2D eigenvalue weighted by Gasteiger charge is 2.68. The van der Waals surface area contributed by atoms with Gasteiger partial charge >= 0.3 is 0 Å². The maximum atomic E-state index is 13.4. The number of ketones is 1. The van der Waals surface area contributed by atoms with E-state index in [1.54, 1.807) is 0 Å². The lowest BCUT2D eigenvalue weighted by Gasteiger charge is -2.70. The third kappa shape index (κ3) is 3.88. The van der Waals surface area contributed by atoms with Gasteiger partial charge < -0.3 is 10.1 Å². The Morgan fingerprint density at radius 3 is 2.72 bits per heavy atom. The molecule has 1 amide bonds. The number of halogens is 2. The highest BCUT2D eigenvalue weighted by Crippen LogP contribution is 2.69. The maximum absolute atomic E-state index is 13.4. The minimum absolute atomic E-state index is 0.00476. The summed E-state index contributed by atoms with van der Waals surface area (Å²) in [5, 5.41) is 7.08. The number of aromatic nitrogens is 2. The summed E-state index contributed by atoms with van der Waals surface area (Å²) in [5.74, 6) is -0.334. The van der Waals surface area contributed by atoms with E-state index in [1.807, 2.05) is 13.8 Å². The van der Waals surface area contributed by atoms with Crippen LogP contribution in [0.2, 0.25) is 5.02 Å². The maximum Gasteiger partial charge on any atom is 0.258 e. The van der Waals surface area contributed by atoms with Crippen LogP contribution in [0.4, 0.5) is 4.39 Å². The van der Waals surface area contributed by atoms with Crippen LogP contribution in [0.5, 0.6) is 5.75 Å². The van der Waals surface area contributed by atoms with E-state index in [1.165, 1.54) is 12.1 Å². The zero-order valence-electron chi connectivity index (χ0n) is 16.1. The third-order valence-corrected chi connectivity index (χ3v) is 6.74. The lowest BCUT2D eigenvalue weighted by molar-refractivity contribution is -0.164. The fraction of sp³-hybridized carbons (Fsp3) is 0.500. The van der Waals surface area contributed by atoms with Gasteiger partial charge in [-0.2, -0.15) is 0 Å². The first-order valence-corrected chi connectivity index (χ1v) is 10.6. The van der Waals surface area contributed by atoms with Gasteiger partial charge in [-0.3, -0.25) is 9.59 Å². The second-order valence-corrected chi connectivity index (χ2v) is 9.63. The van der Waals surface area contributed by atoms with Crippen molar-refractivity contribution in [2.24, 2.45) is 5.41 Å². The molecule has 3 aliphatic carbocycles. The number of amides is 1. The molecule has 29 heavy (non-hydrogen) atoms. The molecule has 0 unspecified atom stereocenters. The van der Waals surface area contributed by atoms with Gasteiger partial charge in [0.05, 0.1) is 10.7 Å². The summed E-state index contributed by atoms with van der Waals surface area (Å²) in [5.41, 5.74) is 0.507. The predicted octanol–water partition coefficient (Wildman–Crippen LogP) is 4.14. The van der Waals surface area contributed by atoms with Crippen molar-refractivity contribution >= 4 is 34.8 Å². The van der Waals surface area contributed by atoms with E-state index >= 15 is 0 Å². The molecule has 3 aliphatic rings. The van der Waals surface area contributed by atoms with Gasteiger partial charge in [0.1, 0.15) is 16.4 Å². The Kier molecular flexibility index (Phi) is 5.11. The van der Waals surface area contributed by atoms with Crippen molar-refractivity contribution in [3.05, 3.63) is 39.6 Å². The van der Waals surface area contributed by atoms with Crippen LogP contribution in [0.15, 0.2) is 18.2 Å². The van der Waals surface area contributed by atoms with E-state index in [-0.39, 0.29) is 45.9 Å². The fourth-order valence-electron chi connectivity index (χ4n) is 4.56. The van der Waals surface area contributed by atoms with Gasteiger partial charge in [-0.15, -0.1) is 5.10 Å². The molecule has 0 saturated heterocycles. The number of nitrogens with one attached hydrogen (secondary N) is 1. The number of carbonyl (C=O) groups is 2. The molecule has 0 aliphatic heterocycles. The van der Waals surface area contributed by atoms with Crippen LogP contribution >= 0.6 is 23.1 Å². The summed E-state index contributed by atoms with van der Waals surface area (Å²) in [6.07, 6.45) is 2.83. The molecule has 5 rings (SSSR count). The number of rotatable bonds is 8. The third-order valence-electron chi connectivity index (χ3n) is 5.65. The number of Topliss-reactive ketones (excluding diaryl/α,β-unsaturated/α-hetero) is 1. The Morgan fingerprint density at radius 1 is 1.34 bits per heavy atom. The molecular weight excluding hydrogens is 417 g/mol. The standard InChI is InChI=1S/C20H21ClFN3O3S/c1-11(2)17-18(29-25-24-17)15(26)6-19-8-20(9-19,10-19)23-16(27)7-28-12-3-4-13(21)14(22)5-12/h3-5,11H,6-10H2,1-2H3,(H,23,27). The Hall–Kier alpha value is -2.06.